The highest BCUT2D eigenvalue weighted by Gasteiger charge is 2.31. The lowest BCUT2D eigenvalue weighted by Gasteiger charge is -2.38. The lowest BCUT2D eigenvalue weighted by atomic mass is 9.96. The first-order chi connectivity index (χ1) is 19.7. The molecule has 4 heterocycles. The summed E-state index contributed by atoms with van der Waals surface area (Å²) in [6.07, 6.45) is 3.86. The zero-order valence-corrected chi connectivity index (χ0v) is 24.5. The Morgan fingerprint density at radius 2 is 1.90 bits per heavy atom. The fourth-order valence-corrected chi connectivity index (χ4v) is 5.60. The van der Waals surface area contributed by atoms with Crippen molar-refractivity contribution < 1.29 is 14.3 Å². The molecule has 3 aromatic rings. The SMILES string of the molecule is CNC(=O)COc1cc2cc(Cc3nc(N4CCC[C@@H](C(=O)N5CCN(C)CC5)C4)ncc3Cl)ccc2n(C)c1=O. The molecule has 0 unspecified atom stereocenters. The van der Waals surface area contributed by atoms with E-state index in [4.69, 9.17) is 21.3 Å². The standard InChI is InChI=1S/C29H36ClN7O4/c1-31-26(38)18-41-25-15-21-13-19(6-7-24(21)35(3)28(25)40)14-23-22(30)16-32-29(33-23)37-8-4-5-20(17-37)27(39)36-11-9-34(2)10-12-36/h6-7,13,15-16,20H,4-5,8-12,14,17-18H2,1-3H3,(H,31,38)/t20-/m1/s1. The summed E-state index contributed by atoms with van der Waals surface area (Å²) in [5, 5.41) is 3.74. The molecule has 0 aliphatic carbocycles. The van der Waals surface area contributed by atoms with Crippen LogP contribution in [0.5, 0.6) is 5.75 Å². The third kappa shape index (κ3) is 6.46. The van der Waals surface area contributed by atoms with Gasteiger partial charge in [0.05, 0.1) is 28.3 Å². The molecule has 0 saturated carbocycles. The molecule has 0 radical (unpaired) electrons. The summed E-state index contributed by atoms with van der Waals surface area (Å²) in [5.41, 5.74) is 2.06. The molecule has 12 heteroatoms. The van der Waals surface area contributed by atoms with Crippen molar-refractivity contribution in [3.05, 3.63) is 57.1 Å². The van der Waals surface area contributed by atoms with Gasteiger partial charge in [0.25, 0.3) is 11.5 Å². The molecule has 2 aliphatic rings. The topological polar surface area (TPSA) is 113 Å². The van der Waals surface area contributed by atoms with Gasteiger partial charge in [-0.1, -0.05) is 17.7 Å². The monoisotopic (exact) mass is 581 g/mol. The summed E-state index contributed by atoms with van der Waals surface area (Å²) in [6, 6.07) is 7.44. The van der Waals surface area contributed by atoms with E-state index >= 15 is 0 Å². The number of piperazine rings is 1. The number of halogens is 1. The number of carbonyl (C=O) groups is 2. The van der Waals surface area contributed by atoms with Gasteiger partial charge in [-0.15, -0.1) is 0 Å². The number of aryl methyl sites for hydroxylation is 1. The molecule has 2 saturated heterocycles. The van der Waals surface area contributed by atoms with Crippen molar-refractivity contribution in [3.8, 4) is 5.75 Å². The van der Waals surface area contributed by atoms with E-state index in [-0.39, 0.29) is 35.6 Å². The van der Waals surface area contributed by atoms with Gasteiger partial charge in [-0.2, -0.15) is 0 Å². The molecule has 1 N–H and O–H groups in total. The van der Waals surface area contributed by atoms with Crippen LogP contribution in [0, 0.1) is 5.92 Å². The first-order valence-corrected chi connectivity index (χ1v) is 14.3. The molecule has 2 amide bonds. The van der Waals surface area contributed by atoms with Crippen LogP contribution in [0.2, 0.25) is 5.02 Å². The van der Waals surface area contributed by atoms with Crippen LogP contribution in [0.1, 0.15) is 24.1 Å². The number of amides is 2. The smallest absolute Gasteiger partial charge is 0.293 e. The van der Waals surface area contributed by atoms with E-state index < -0.39 is 0 Å². The molecule has 2 fully saturated rings. The number of carbonyl (C=O) groups excluding carboxylic acids is 2. The normalized spacial score (nSPS) is 18.0. The van der Waals surface area contributed by atoms with Gasteiger partial charge in [-0.05, 0) is 43.7 Å². The second kappa shape index (κ2) is 12.4. The zero-order chi connectivity index (χ0) is 29.1. The van der Waals surface area contributed by atoms with Crippen LogP contribution in [0.4, 0.5) is 5.95 Å². The average Bonchev–Trinajstić information content (AvgIpc) is 2.99. The van der Waals surface area contributed by atoms with Gasteiger partial charge in [-0.3, -0.25) is 14.4 Å². The highest BCUT2D eigenvalue weighted by Crippen LogP contribution is 2.26. The number of piperidine rings is 1. The maximum Gasteiger partial charge on any atom is 0.293 e. The number of nitrogens with zero attached hydrogens (tertiary/aromatic N) is 6. The van der Waals surface area contributed by atoms with E-state index in [9.17, 15) is 14.4 Å². The number of anilines is 1. The van der Waals surface area contributed by atoms with Crippen LogP contribution in [-0.4, -0.2) is 96.1 Å². The number of likely N-dealkylation sites (N-methyl/N-ethyl adjacent to an activating group) is 2. The number of fused-ring (bicyclic) bond motifs is 1. The number of nitrogens with one attached hydrogen (secondary N) is 1. The van der Waals surface area contributed by atoms with Gasteiger partial charge in [-0.25, -0.2) is 9.97 Å². The van der Waals surface area contributed by atoms with Gasteiger partial charge in [0.1, 0.15) is 0 Å². The Balaban J connectivity index is 1.33. The van der Waals surface area contributed by atoms with E-state index in [1.807, 2.05) is 23.1 Å². The molecule has 218 valence electrons. The van der Waals surface area contributed by atoms with Gasteiger partial charge >= 0.3 is 0 Å². The van der Waals surface area contributed by atoms with Gasteiger partial charge < -0.3 is 29.3 Å². The van der Waals surface area contributed by atoms with Gasteiger partial charge in [0.2, 0.25) is 11.9 Å². The van der Waals surface area contributed by atoms with Gasteiger partial charge in [0.15, 0.2) is 12.4 Å². The maximum atomic E-state index is 13.2. The number of ether oxygens (including phenoxy) is 1. The van der Waals surface area contributed by atoms with Crippen LogP contribution >= 0.6 is 11.6 Å². The molecule has 11 nitrogen and oxygen atoms in total. The molecule has 41 heavy (non-hydrogen) atoms. The van der Waals surface area contributed by atoms with Crippen molar-refractivity contribution in [2.24, 2.45) is 13.0 Å². The maximum absolute atomic E-state index is 13.2. The number of pyridine rings is 1. The first-order valence-electron chi connectivity index (χ1n) is 13.9. The van der Waals surface area contributed by atoms with E-state index in [2.05, 4.69) is 27.1 Å². The quantitative estimate of drug-likeness (QED) is 0.449. The summed E-state index contributed by atoms with van der Waals surface area (Å²) in [7, 11) is 5.27. The van der Waals surface area contributed by atoms with E-state index in [1.54, 1.807) is 19.3 Å². The number of benzene rings is 1. The van der Waals surface area contributed by atoms with Crippen LogP contribution in [-0.2, 0) is 23.1 Å². The Labute approximate surface area is 244 Å². The van der Waals surface area contributed by atoms with E-state index in [0.29, 0.717) is 29.6 Å². The Hall–Kier alpha value is -3.70. The predicted molar refractivity (Wildman–Crippen MR) is 158 cm³/mol. The number of hydrogen-bond donors (Lipinski definition) is 1. The van der Waals surface area contributed by atoms with Crippen molar-refractivity contribution >= 4 is 40.3 Å². The molecule has 5 rings (SSSR count). The number of aromatic nitrogens is 3. The third-order valence-electron chi connectivity index (χ3n) is 7.94. The van der Waals surface area contributed by atoms with E-state index in [1.165, 1.54) is 11.6 Å². The summed E-state index contributed by atoms with van der Waals surface area (Å²) in [6.45, 7) is 4.49. The molecule has 1 atom stereocenters. The fourth-order valence-electron chi connectivity index (χ4n) is 5.44. The molecule has 0 bridgehead atoms. The minimum atomic E-state index is -0.321. The molecular formula is C29H36ClN7O4. The minimum Gasteiger partial charge on any atom is -0.478 e. The summed E-state index contributed by atoms with van der Waals surface area (Å²) >= 11 is 6.54. The van der Waals surface area contributed by atoms with Crippen LogP contribution in [0.15, 0.2) is 35.3 Å². The van der Waals surface area contributed by atoms with Crippen LogP contribution in [0.25, 0.3) is 10.9 Å². The predicted octanol–water partition coefficient (Wildman–Crippen LogP) is 1.69. The summed E-state index contributed by atoms with van der Waals surface area (Å²) in [4.78, 5) is 53.2. The van der Waals surface area contributed by atoms with Crippen molar-refractivity contribution in [3.63, 3.8) is 0 Å². The Morgan fingerprint density at radius 1 is 1.12 bits per heavy atom. The van der Waals surface area contributed by atoms with Crippen molar-refractivity contribution in [2.45, 2.75) is 19.3 Å². The molecule has 1 aromatic carbocycles. The second-order valence-electron chi connectivity index (χ2n) is 10.8. The zero-order valence-electron chi connectivity index (χ0n) is 23.7. The average molecular weight is 582 g/mol. The van der Waals surface area contributed by atoms with Crippen LogP contribution < -0.4 is 20.5 Å². The Bertz CT molecular complexity index is 1500. The molecule has 2 aromatic heterocycles. The fraction of sp³-hybridized carbons (Fsp3) is 0.483. The van der Waals surface area contributed by atoms with Crippen molar-refractivity contribution in [1.82, 2.24) is 29.7 Å². The highest BCUT2D eigenvalue weighted by atomic mass is 35.5. The molecule has 2 aliphatic heterocycles. The van der Waals surface area contributed by atoms with E-state index in [0.717, 1.165) is 62.0 Å². The minimum absolute atomic E-state index is 0.0677. The third-order valence-corrected chi connectivity index (χ3v) is 8.25. The number of hydrogen-bond acceptors (Lipinski definition) is 8. The highest BCUT2D eigenvalue weighted by molar-refractivity contribution is 6.31. The van der Waals surface area contributed by atoms with Gasteiger partial charge in [0, 0.05) is 65.2 Å². The largest absolute Gasteiger partial charge is 0.478 e. The Kier molecular flexibility index (Phi) is 8.74. The lowest BCUT2D eigenvalue weighted by molar-refractivity contribution is -0.137. The second-order valence-corrected chi connectivity index (χ2v) is 11.2. The van der Waals surface area contributed by atoms with Crippen molar-refractivity contribution in [2.75, 3.05) is 64.9 Å². The molecular weight excluding hydrogens is 546 g/mol. The Morgan fingerprint density at radius 3 is 2.66 bits per heavy atom. The lowest BCUT2D eigenvalue weighted by Crippen LogP contribution is -2.51. The number of rotatable bonds is 7. The van der Waals surface area contributed by atoms with Crippen molar-refractivity contribution in [1.29, 1.82) is 0 Å². The first kappa shape index (κ1) is 28.8. The summed E-state index contributed by atoms with van der Waals surface area (Å²) in [5.74, 6) is 0.518. The molecule has 0 spiro atoms. The summed E-state index contributed by atoms with van der Waals surface area (Å²) < 4.78 is 6.99. The van der Waals surface area contributed by atoms with Crippen LogP contribution in [0.3, 0.4) is 0 Å².